The second-order valence-corrected chi connectivity index (χ2v) is 9.46. The molecule has 0 N–H and O–H groups in total. The molecule has 4 rings (SSSR count). The molecule has 1 saturated carbocycles. The molecule has 0 spiro atoms. The fraction of sp³-hybridized carbons (Fsp3) is 0.385. The zero-order valence-electron chi connectivity index (χ0n) is 19.5. The molecule has 2 aromatic carbocycles. The minimum Gasteiger partial charge on any atom is -0.406 e. The highest BCUT2D eigenvalue weighted by Crippen LogP contribution is 2.40. The molecule has 3 aromatic rings. The van der Waals surface area contributed by atoms with Crippen LogP contribution in [0.3, 0.4) is 0 Å². The van der Waals surface area contributed by atoms with Crippen molar-refractivity contribution < 1.29 is 22.4 Å². The lowest BCUT2D eigenvalue weighted by Crippen LogP contribution is -2.30. The molecule has 35 heavy (non-hydrogen) atoms. The molecule has 0 saturated heterocycles. The first kappa shape index (κ1) is 25.3. The van der Waals surface area contributed by atoms with Crippen molar-refractivity contribution in [3.63, 3.8) is 0 Å². The van der Waals surface area contributed by atoms with Crippen LogP contribution in [0.1, 0.15) is 43.2 Å². The van der Waals surface area contributed by atoms with Gasteiger partial charge in [0.1, 0.15) is 5.75 Å². The number of halogens is 4. The zero-order chi connectivity index (χ0) is 25.0. The lowest BCUT2D eigenvalue weighted by molar-refractivity contribution is -0.274. The number of rotatable bonds is 7. The van der Waals surface area contributed by atoms with Crippen molar-refractivity contribution in [3.8, 4) is 17.1 Å². The van der Waals surface area contributed by atoms with E-state index in [1.807, 2.05) is 18.2 Å². The van der Waals surface area contributed by atoms with E-state index in [-0.39, 0.29) is 5.75 Å². The third-order valence-electron chi connectivity index (χ3n) is 6.33. The van der Waals surface area contributed by atoms with Crippen molar-refractivity contribution in [2.45, 2.75) is 38.1 Å². The molecule has 9 heteroatoms. The number of nitrogens with zero attached hydrogens (tertiary/aromatic N) is 3. The molecule has 1 aromatic heterocycles. The normalized spacial score (nSPS) is 19.9. The Morgan fingerprint density at radius 1 is 1.03 bits per heavy atom. The maximum absolute atomic E-state index is 12.3. The fourth-order valence-electron chi connectivity index (χ4n) is 4.75. The summed E-state index contributed by atoms with van der Waals surface area (Å²) in [7, 11) is 4.24. The molecular weight excluding hydrogens is 479 g/mol. The highest BCUT2D eigenvalue weighted by atomic mass is 35.5. The average Bonchev–Trinajstić information content (AvgIpc) is 3.28. The molecule has 0 radical (unpaired) electrons. The summed E-state index contributed by atoms with van der Waals surface area (Å²) < 4.78 is 46.1. The van der Waals surface area contributed by atoms with Crippen molar-refractivity contribution in [2.75, 3.05) is 14.1 Å². The topological polar surface area (TPSA) is 51.4 Å². The Morgan fingerprint density at radius 3 is 2.29 bits per heavy atom. The number of aromatic nitrogens is 2. The largest absolute Gasteiger partial charge is 0.573 e. The highest BCUT2D eigenvalue weighted by Gasteiger charge is 2.31. The number of hydrogen-bond donors (Lipinski definition) is 0. The third kappa shape index (κ3) is 6.86. The highest BCUT2D eigenvalue weighted by molar-refractivity contribution is 6.30. The number of benzene rings is 2. The molecule has 0 bridgehead atoms. The summed E-state index contributed by atoms with van der Waals surface area (Å²) in [5.41, 5.74) is 1.83. The van der Waals surface area contributed by atoms with Gasteiger partial charge in [-0.2, -0.15) is 4.98 Å². The van der Waals surface area contributed by atoms with E-state index in [4.69, 9.17) is 16.1 Å². The van der Waals surface area contributed by atoms with E-state index in [0.717, 1.165) is 30.7 Å². The number of alkyl halides is 3. The lowest BCUT2D eigenvalue weighted by atomic mass is 9.76. The van der Waals surface area contributed by atoms with E-state index in [0.29, 0.717) is 35.2 Å². The molecular formula is C26H27ClF3N3O2. The number of ether oxygens (including phenoxy) is 1. The maximum atomic E-state index is 12.3. The van der Waals surface area contributed by atoms with E-state index >= 15 is 0 Å². The van der Waals surface area contributed by atoms with Crippen LogP contribution in [-0.2, 0) is 0 Å². The predicted molar refractivity (Wildman–Crippen MR) is 129 cm³/mol. The Labute approximate surface area is 207 Å². The van der Waals surface area contributed by atoms with Gasteiger partial charge >= 0.3 is 6.36 Å². The Kier molecular flexibility index (Phi) is 7.82. The van der Waals surface area contributed by atoms with Crippen LogP contribution in [0.25, 0.3) is 17.5 Å². The summed E-state index contributed by atoms with van der Waals surface area (Å²) in [5.74, 6) is 1.37. The standard InChI is InChI=1S/C26H27ClF3N3O2/c1-33(2)24(19-8-12-21(27)13-9-19)18-6-3-17(4-7-18)5-16-23-31-25(32-35-23)20-10-14-22(15-11-20)34-26(28,29)30/h5,8-18,24H,3-4,6-7H2,1-2H3/b16-5+. The van der Waals surface area contributed by atoms with E-state index in [9.17, 15) is 13.2 Å². The van der Waals surface area contributed by atoms with Gasteiger partial charge in [-0.1, -0.05) is 35.0 Å². The van der Waals surface area contributed by atoms with Gasteiger partial charge in [-0.25, -0.2) is 0 Å². The summed E-state index contributed by atoms with van der Waals surface area (Å²) in [6.45, 7) is 0. The smallest absolute Gasteiger partial charge is 0.406 e. The summed E-state index contributed by atoms with van der Waals surface area (Å²) in [5, 5.41) is 4.68. The van der Waals surface area contributed by atoms with Gasteiger partial charge in [0, 0.05) is 16.6 Å². The quantitative estimate of drug-likeness (QED) is 0.334. The lowest BCUT2D eigenvalue weighted by Gasteiger charge is -2.37. The van der Waals surface area contributed by atoms with Crippen molar-refractivity contribution in [1.29, 1.82) is 0 Å². The van der Waals surface area contributed by atoms with E-state index in [1.54, 1.807) is 0 Å². The maximum Gasteiger partial charge on any atom is 0.573 e. The second-order valence-electron chi connectivity index (χ2n) is 9.02. The Morgan fingerprint density at radius 2 is 1.69 bits per heavy atom. The minimum atomic E-state index is -4.73. The van der Waals surface area contributed by atoms with Crippen LogP contribution < -0.4 is 4.74 Å². The molecule has 5 nitrogen and oxygen atoms in total. The van der Waals surface area contributed by atoms with Crippen molar-refractivity contribution in [3.05, 3.63) is 71.1 Å². The van der Waals surface area contributed by atoms with Crippen LogP contribution in [0.15, 0.2) is 59.1 Å². The molecule has 1 atom stereocenters. The molecule has 1 heterocycles. The van der Waals surface area contributed by atoms with Gasteiger partial charge in [-0.3, -0.25) is 0 Å². The van der Waals surface area contributed by atoms with Crippen LogP contribution in [0.5, 0.6) is 5.75 Å². The van der Waals surface area contributed by atoms with Crippen LogP contribution in [0.2, 0.25) is 5.02 Å². The Balaban J connectivity index is 1.33. The van der Waals surface area contributed by atoms with Crippen LogP contribution in [0, 0.1) is 11.8 Å². The van der Waals surface area contributed by atoms with Crippen molar-refractivity contribution >= 4 is 17.7 Å². The monoisotopic (exact) mass is 505 g/mol. The predicted octanol–water partition coefficient (Wildman–Crippen LogP) is 7.41. The van der Waals surface area contributed by atoms with E-state index in [1.165, 1.54) is 29.8 Å². The zero-order valence-corrected chi connectivity index (χ0v) is 20.3. The van der Waals surface area contributed by atoms with E-state index in [2.05, 4.69) is 52.1 Å². The third-order valence-corrected chi connectivity index (χ3v) is 6.58. The van der Waals surface area contributed by atoms with Gasteiger partial charge in [0.15, 0.2) is 0 Å². The average molecular weight is 506 g/mol. The molecule has 186 valence electrons. The van der Waals surface area contributed by atoms with Gasteiger partial charge in [-0.05, 0) is 99.7 Å². The van der Waals surface area contributed by atoms with Crippen LogP contribution in [0.4, 0.5) is 13.2 Å². The molecule has 1 fully saturated rings. The molecule has 1 unspecified atom stereocenters. The van der Waals surface area contributed by atoms with Gasteiger partial charge in [-0.15, -0.1) is 13.2 Å². The van der Waals surface area contributed by atoms with Crippen LogP contribution in [-0.4, -0.2) is 35.5 Å². The first-order chi connectivity index (χ1) is 16.7. The number of hydrogen-bond acceptors (Lipinski definition) is 5. The van der Waals surface area contributed by atoms with Gasteiger partial charge in [0.25, 0.3) is 5.89 Å². The molecule has 0 amide bonds. The molecule has 0 aliphatic heterocycles. The first-order valence-electron chi connectivity index (χ1n) is 11.5. The fourth-order valence-corrected chi connectivity index (χ4v) is 4.88. The summed E-state index contributed by atoms with van der Waals surface area (Å²) in [4.78, 5) is 6.62. The first-order valence-corrected chi connectivity index (χ1v) is 11.9. The van der Waals surface area contributed by atoms with Crippen molar-refractivity contribution in [1.82, 2.24) is 15.0 Å². The van der Waals surface area contributed by atoms with Gasteiger partial charge in [0.05, 0.1) is 0 Å². The summed E-state index contributed by atoms with van der Waals surface area (Å²) >= 11 is 6.07. The summed E-state index contributed by atoms with van der Waals surface area (Å²) in [6.07, 6.45) is 3.57. The van der Waals surface area contributed by atoms with E-state index < -0.39 is 6.36 Å². The van der Waals surface area contributed by atoms with Crippen LogP contribution >= 0.6 is 11.6 Å². The Bertz CT molecular complexity index is 1120. The minimum absolute atomic E-state index is 0.298. The van der Waals surface area contributed by atoms with Gasteiger partial charge < -0.3 is 14.2 Å². The van der Waals surface area contributed by atoms with Gasteiger partial charge in [0.2, 0.25) is 5.82 Å². The second kappa shape index (κ2) is 10.8. The Hall–Kier alpha value is -2.84. The molecule has 1 aliphatic carbocycles. The molecule has 1 aliphatic rings. The van der Waals surface area contributed by atoms with Crippen molar-refractivity contribution in [2.24, 2.45) is 11.8 Å². The SMILES string of the molecule is CN(C)C(c1ccc(Cl)cc1)C1CCC(/C=C/c2nc(-c3ccc(OC(F)(F)F)cc3)no2)CC1. The number of allylic oxidation sites excluding steroid dienone is 1. The summed E-state index contributed by atoms with van der Waals surface area (Å²) in [6, 6.07) is 13.8.